The van der Waals surface area contributed by atoms with Crippen LogP contribution in [-0.2, 0) is 19.6 Å². The zero-order valence-electron chi connectivity index (χ0n) is 38.2. The first kappa shape index (κ1) is 45.6. The van der Waals surface area contributed by atoms with Crippen LogP contribution in [0.5, 0.6) is 0 Å². The summed E-state index contributed by atoms with van der Waals surface area (Å²) < 4.78 is 7.74. The van der Waals surface area contributed by atoms with Crippen molar-refractivity contribution in [1.29, 1.82) is 0 Å². The van der Waals surface area contributed by atoms with Crippen molar-refractivity contribution in [3.8, 4) is 0 Å². The van der Waals surface area contributed by atoms with Crippen LogP contribution in [0.4, 0.5) is 0 Å². The van der Waals surface area contributed by atoms with Gasteiger partial charge >= 0.3 is 0 Å². The van der Waals surface area contributed by atoms with E-state index in [4.69, 9.17) is 0 Å². The Morgan fingerprint density at radius 2 is 0.820 bits per heavy atom. The number of benzene rings is 2. The molecule has 0 saturated carbocycles. The number of hydrogen-bond acceptors (Lipinski definition) is 0. The van der Waals surface area contributed by atoms with E-state index < -0.39 is 0 Å². The molecule has 4 nitrogen and oxygen atoms in total. The lowest BCUT2D eigenvalue weighted by atomic mass is 9.80. The summed E-state index contributed by atoms with van der Waals surface area (Å²) in [7, 11) is 0. The van der Waals surface area contributed by atoms with Crippen LogP contribution in [0, 0.1) is 0 Å². The van der Waals surface area contributed by atoms with Crippen LogP contribution in [0.15, 0.2) is 158 Å². The summed E-state index contributed by atoms with van der Waals surface area (Å²) in [5.74, 6) is 2.86. The summed E-state index contributed by atoms with van der Waals surface area (Å²) >= 11 is 0. The molecule has 4 heterocycles. The van der Waals surface area contributed by atoms with E-state index in [0.29, 0.717) is 35.5 Å². The van der Waals surface area contributed by atoms with Crippen LogP contribution in [0.25, 0.3) is 0 Å². The molecule has 320 valence electrons. The standard InChI is InChI=1S/C57H75N4/c1-6-9-21-36-61-39-24-19-34-57(61)53(43-47(5)51-29-14-11-15-30-51)45-49(8-3)56-33-18-23-38-60(56)41-26-25-40-59-37-22-17-32-55(59)48(7-2)44-52(54-31-16-20-35-58-54)42-46(4)50-27-12-10-13-28-50/h10-20,22-24,27-35,37-39,46-49,52-53H,6-9,21,25-26,36,40-45H2,1-5H3/q+3/p+1. The lowest BCUT2D eigenvalue weighted by molar-refractivity contribution is -0.716. The van der Waals surface area contributed by atoms with Crippen LogP contribution in [-0.4, -0.2) is 0 Å². The highest BCUT2D eigenvalue weighted by atomic mass is 15.0. The van der Waals surface area contributed by atoms with Gasteiger partial charge in [-0.25, -0.2) is 18.7 Å². The molecule has 6 rings (SSSR count). The molecule has 0 aliphatic heterocycles. The quantitative estimate of drug-likeness (QED) is 0.0406. The summed E-state index contributed by atoms with van der Waals surface area (Å²) in [6.07, 6.45) is 22.0. The number of aryl methyl sites for hydroxylation is 3. The second kappa shape index (κ2) is 24.5. The Morgan fingerprint density at radius 3 is 1.26 bits per heavy atom. The van der Waals surface area contributed by atoms with Crippen molar-refractivity contribution in [2.24, 2.45) is 0 Å². The van der Waals surface area contributed by atoms with E-state index in [0.717, 1.165) is 71.0 Å². The first-order valence-electron chi connectivity index (χ1n) is 24.0. The zero-order chi connectivity index (χ0) is 42.7. The molecule has 0 aliphatic carbocycles. The van der Waals surface area contributed by atoms with Crippen molar-refractivity contribution in [1.82, 2.24) is 0 Å². The highest BCUT2D eigenvalue weighted by molar-refractivity contribution is 5.22. The Kier molecular flexibility index (Phi) is 18.3. The maximum atomic E-state index is 3.63. The monoisotopic (exact) mass is 817 g/mol. The van der Waals surface area contributed by atoms with E-state index in [1.165, 1.54) is 53.2 Å². The van der Waals surface area contributed by atoms with E-state index in [-0.39, 0.29) is 0 Å². The number of aromatic amines is 1. The number of aromatic nitrogens is 4. The van der Waals surface area contributed by atoms with Gasteiger partial charge in [0.25, 0.3) is 0 Å². The Morgan fingerprint density at radius 1 is 0.410 bits per heavy atom. The molecule has 0 fully saturated rings. The van der Waals surface area contributed by atoms with Gasteiger partial charge in [-0.3, -0.25) is 0 Å². The predicted molar refractivity (Wildman–Crippen MR) is 251 cm³/mol. The summed E-state index contributed by atoms with van der Waals surface area (Å²) in [5.41, 5.74) is 8.68. The fourth-order valence-electron chi connectivity index (χ4n) is 10.0. The molecule has 4 heteroatoms. The van der Waals surface area contributed by atoms with Crippen molar-refractivity contribution in [2.45, 2.75) is 160 Å². The minimum atomic E-state index is 0.448. The summed E-state index contributed by atoms with van der Waals surface area (Å²) in [5, 5.41) is 0. The first-order chi connectivity index (χ1) is 30.0. The number of hydrogen-bond donors (Lipinski definition) is 0. The van der Waals surface area contributed by atoms with Crippen molar-refractivity contribution in [2.75, 3.05) is 0 Å². The Bertz CT molecular complexity index is 2120. The van der Waals surface area contributed by atoms with Crippen molar-refractivity contribution < 1.29 is 18.7 Å². The van der Waals surface area contributed by atoms with Gasteiger partial charge in [-0.1, -0.05) is 126 Å². The van der Waals surface area contributed by atoms with Crippen molar-refractivity contribution >= 4 is 0 Å². The lowest BCUT2D eigenvalue weighted by Crippen LogP contribution is -2.42. The number of H-pyrrole nitrogens is 1. The van der Waals surface area contributed by atoms with Gasteiger partial charge in [-0.15, -0.1) is 0 Å². The fourth-order valence-corrected chi connectivity index (χ4v) is 10.0. The van der Waals surface area contributed by atoms with Crippen LogP contribution in [0.2, 0.25) is 0 Å². The molecule has 6 unspecified atom stereocenters. The third kappa shape index (κ3) is 13.3. The molecule has 0 saturated heterocycles. The number of nitrogens with one attached hydrogen (secondary N) is 1. The third-order valence-electron chi connectivity index (χ3n) is 13.5. The molecule has 0 bridgehead atoms. The molecule has 0 amide bonds. The van der Waals surface area contributed by atoms with Crippen LogP contribution >= 0.6 is 0 Å². The van der Waals surface area contributed by atoms with Gasteiger partial charge in [0.1, 0.15) is 19.6 Å². The van der Waals surface area contributed by atoms with E-state index >= 15 is 0 Å². The van der Waals surface area contributed by atoms with E-state index in [9.17, 15) is 0 Å². The summed E-state index contributed by atoms with van der Waals surface area (Å²) in [6.45, 7) is 15.1. The number of rotatable bonds is 25. The third-order valence-corrected chi connectivity index (χ3v) is 13.5. The molecule has 6 aromatic rings. The van der Waals surface area contributed by atoms with E-state index in [1.54, 1.807) is 0 Å². The molecule has 0 radical (unpaired) electrons. The zero-order valence-corrected chi connectivity index (χ0v) is 38.2. The minimum Gasteiger partial charge on any atom is -0.215 e. The van der Waals surface area contributed by atoms with Gasteiger partial charge in [0.05, 0.1) is 0 Å². The van der Waals surface area contributed by atoms with Gasteiger partial charge < -0.3 is 0 Å². The largest absolute Gasteiger partial charge is 0.215 e. The lowest BCUT2D eigenvalue weighted by Gasteiger charge is -2.24. The van der Waals surface area contributed by atoms with Gasteiger partial charge in [0.15, 0.2) is 47.6 Å². The Hall–Kier alpha value is -4.96. The van der Waals surface area contributed by atoms with Crippen molar-refractivity contribution in [3.63, 3.8) is 0 Å². The van der Waals surface area contributed by atoms with E-state index in [1.807, 2.05) is 0 Å². The Balaban J connectivity index is 1.15. The van der Waals surface area contributed by atoms with Gasteiger partial charge in [-0.2, -0.15) is 0 Å². The topological polar surface area (TPSA) is 25.8 Å². The maximum Gasteiger partial charge on any atom is 0.184 e. The normalized spacial score (nSPS) is 14.5. The minimum absolute atomic E-state index is 0.448. The molecule has 6 atom stereocenters. The Labute approximate surface area is 369 Å². The molecule has 0 aliphatic rings. The molecular formula is C57H76N4+4. The highest BCUT2D eigenvalue weighted by Gasteiger charge is 2.32. The number of nitrogens with zero attached hydrogens (tertiary/aromatic N) is 3. The molecule has 0 spiro atoms. The molecule has 4 aromatic heterocycles. The van der Waals surface area contributed by atoms with Crippen LogP contribution in [0.1, 0.15) is 175 Å². The molecule has 61 heavy (non-hydrogen) atoms. The van der Waals surface area contributed by atoms with Gasteiger partial charge in [-0.05, 0) is 67.9 Å². The first-order valence-corrected chi connectivity index (χ1v) is 24.0. The highest BCUT2D eigenvalue weighted by Crippen LogP contribution is 2.38. The predicted octanol–water partition coefficient (Wildman–Crippen LogP) is 12.8. The second-order valence-corrected chi connectivity index (χ2v) is 17.9. The molecular weight excluding hydrogens is 741 g/mol. The summed E-state index contributed by atoms with van der Waals surface area (Å²) in [6, 6.07) is 49.5. The van der Waals surface area contributed by atoms with Gasteiger partial charge in [0.2, 0.25) is 0 Å². The average Bonchev–Trinajstić information content (AvgIpc) is 3.32. The van der Waals surface area contributed by atoms with Crippen LogP contribution < -0.4 is 18.7 Å². The number of unbranched alkanes of at least 4 members (excludes halogenated alkanes) is 3. The summed E-state index contributed by atoms with van der Waals surface area (Å²) in [4.78, 5) is 3.63. The van der Waals surface area contributed by atoms with Gasteiger partial charge in [0, 0.05) is 91.5 Å². The number of pyridine rings is 4. The van der Waals surface area contributed by atoms with Crippen molar-refractivity contribution in [3.05, 3.63) is 192 Å². The fraction of sp³-hybridized carbons (Fsp3) is 0.439. The van der Waals surface area contributed by atoms with Crippen LogP contribution in [0.3, 0.4) is 0 Å². The van der Waals surface area contributed by atoms with E-state index in [2.05, 4.69) is 212 Å². The maximum absolute atomic E-state index is 3.63. The molecule has 1 N–H and O–H groups in total. The average molecular weight is 817 g/mol. The SMILES string of the molecule is CCCCC[n+]1ccccc1C(CC(C)c1ccccc1)CC(CC)c1cccc[n+]1CCCC[n+]1ccccc1C(CC)CC(CC(C)c1ccccc1)c1cccc[nH+]1. The smallest absolute Gasteiger partial charge is 0.184 e. The molecule has 2 aromatic carbocycles. The second-order valence-electron chi connectivity index (χ2n) is 17.9.